The van der Waals surface area contributed by atoms with Gasteiger partial charge in [-0.3, -0.25) is 14.9 Å². The first-order valence-corrected chi connectivity index (χ1v) is 8.61. The molecule has 0 unspecified atom stereocenters. The van der Waals surface area contributed by atoms with E-state index in [-0.39, 0.29) is 12.1 Å². The maximum Gasteiger partial charge on any atom is 0.273 e. The lowest BCUT2D eigenvalue weighted by molar-refractivity contribution is -0.385. The Bertz CT molecular complexity index is 1020. The van der Waals surface area contributed by atoms with Crippen LogP contribution in [-0.2, 0) is 11.2 Å². The van der Waals surface area contributed by atoms with Crippen LogP contribution in [0.25, 0.3) is 10.9 Å². The van der Waals surface area contributed by atoms with Crippen LogP contribution in [0.5, 0.6) is 0 Å². The first-order valence-electron chi connectivity index (χ1n) is 8.61. The number of fused-ring (bicyclic) bond motifs is 1. The molecule has 1 aromatic heterocycles. The minimum atomic E-state index is -0.493. The molecule has 3 aromatic rings. The summed E-state index contributed by atoms with van der Waals surface area (Å²) >= 11 is 0. The predicted octanol–water partition coefficient (Wildman–Crippen LogP) is 3.82. The van der Waals surface area contributed by atoms with Crippen LogP contribution in [0, 0.1) is 10.1 Å². The number of carbonyl (C=O) groups excluding carboxylic acids is 1. The highest BCUT2D eigenvalue weighted by atomic mass is 16.6. The number of nitrogens with zero attached hydrogens (tertiary/aromatic N) is 3. The Kier molecular flexibility index (Phi) is 5.30. The van der Waals surface area contributed by atoms with Crippen molar-refractivity contribution in [2.75, 3.05) is 0 Å². The normalized spacial score (nSPS) is 11.4. The molecular formula is C20H20N4O3. The summed E-state index contributed by atoms with van der Waals surface area (Å²) < 4.78 is 2.14. The summed E-state index contributed by atoms with van der Waals surface area (Å²) in [5.74, 6) is -0.409. The zero-order valence-electron chi connectivity index (χ0n) is 15.1. The van der Waals surface area contributed by atoms with E-state index in [9.17, 15) is 14.9 Å². The number of hydrogen-bond donors (Lipinski definition) is 1. The van der Waals surface area contributed by atoms with E-state index in [0.717, 1.165) is 16.5 Å². The van der Waals surface area contributed by atoms with Crippen molar-refractivity contribution in [3.8, 4) is 0 Å². The molecule has 0 fully saturated rings. The quantitative estimate of drug-likeness (QED) is 0.409. The summed E-state index contributed by atoms with van der Waals surface area (Å²) in [6.45, 7) is 4.20. The van der Waals surface area contributed by atoms with Gasteiger partial charge in [0.2, 0.25) is 5.91 Å². The average molecular weight is 364 g/mol. The van der Waals surface area contributed by atoms with Crippen LogP contribution < -0.4 is 5.43 Å². The Morgan fingerprint density at radius 1 is 1.22 bits per heavy atom. The minimum absolute atomic E-state index is 0.0726. The molecule has 0 aliphatic heterocycles. The van der Waals surface area contributed by atoms with E-state index >= 15 is 0 Å². The Labute approximate surface area is 156 Å². The third-order valence-electron chi connectivity index (χ3n) is 4.26. The third-order valence-corrected chi connectivity index (χ3v) is 4.26. The van der Waals surface area contributed by atoms with Gasteiger partial charge in [-0.25, -0.2) is 5.43 Å². The van der Waals surface area contributed by atoms with Gasteiger partial charge in [0.25, 0.3) is 5.69 Å². The van der Waals surface area contributed by atoms with Crippen LogP contribution in [0.3, 0.4) is 0 Å². The monoisotopic (exact) mass is 364 g/mol. The Hall–Kier alpha value is -3.48. The highest BCUT2D eigenvalue weighted by Crippen LogP contribution is 2.23. The molecular weight excluding hydrogens is 344 g/mol. The van der Waals surface area contributed by atoms with Crippen LogP contribution in [0.4, 0.5) is 5.69 Å². The molecule has 7 nitrogen and oxygen atoms in total. The highest BCUT2D eigenvalue weighted by molar-refractivity contribution is 5.99. The first-order chi connectivity index (χ1) is 13.0. The van der Waals surface area contributed by atoms with E-state index in [0.29, 0.717) is 11.6 Å². The minimum Gasteiger partial charge on any atom is -0.344 e. The summed E-state index contributed by atoms with van der Waals surface area (Å²) in [5.41, 5.74) is 4.72. The van der Waals surface area contributed by atoms with E-state index in [1.165, 1.54) is 6.07 Å². The molecule has 2 aromatic carbocycles. The molecule has 0 saturated carbocycles. The lowest BCUT2D eigenvalue weighted by atomic mass is 10.1. The molecule has 1 amide bonds. The molecule has 7 heteroatoms. The van der Waals surface area contributed by atoms with Crippen LogP contribution in [0.15, 0.2) is 59.8 Å². The highest BCUT2D eigenvalue weighted by Gasteiger charge is 2.15. The number of amides is 1. The zero-order valence-corrected chi connectivity index (χ0v) is 15.1. The summed E-state index contributed by atoms with van der Waals surface area (Å²) in [6.07, 6.45) is 3.48. The molecule has 138 valence electrons. The second-order valence-corrected chi connectivity index (χ2v) is 6.46. The molecule has 1 heterocycles. The Morgan fingerprint density at radius 2 is 1.93 bits per heavy atom. The van der Waals surface area contributed by atoms with Crippen molar-refractivity contribution in [3.63, 3.8) is 0 Å². The van der Waals surface area contributed by atoms with Gasteiger partial charge < -0.3 is 4.57 Å². The fourth-order valence-electron chi connectivity index (χ4n) is 2.99. The van der Waals surface area contributed by atoms with E-state index in [4.69, 9.17) is 0 Å². The van der Waals surface area contributed by atoms with Gasteiger partial charge in [0.1, 0.15) is 0 Å². The van der Waals surface area contributed by atoms with Gasteiger partial charge in [-0.15, -0.1) is 0 Å². The molecule has 3 rings (SSSR count). The van der Waals surface area contributed by atoms with Gasteiger partial charge in [0.15, 0.2) is 0 Å². The molecule has 1 N–H and O–H groups in total. The summed E-state index contributed by atoms with van der Waals surface area (Å²) in [6, 6.07) is 14.5. The smallest absolute Gasteiger partial charge is 0.273 e. The lowest BCUT2D eigenvalue weighted by Crippen LogP contribution is -2.20. The second kappa shape index (κ2) is 7.82. The van der Waals surface area contributed by atoms with Gasteiger partial charge in [0, 0.05) is 40.3 Å². The molecule has 0 bridgehead atoms. The van der Waals surface area contributed by atoms with E-state index in [1.807, 2.05) is 30.5 Å². The Morgan fingerprint density at radius 3 is 2.67 bits per heavy atom. The SMILES string of the molecule is CC(C)n1cc(/C=N/NC(=O)Cc2ccccc2[N+](=O)[O-])c2ccccc21. The number of hydrogen-bond acceptors (Lipinski definition) is 4. The number of rotatable bonds is 6. The summed E-state index contributed by atoms with van der Waals surface area (Å²) in [5, 5.41) is 16.1. The molecule has 0 atom stereocenters. The first kappa shape index (κ1) is 18.3. The molecule has 0 aliphatic rings. The number of para-hydroxylation sites is 2. The van der Waals surface area contributed by atoms with Crippen LogP contribution >= 0.6 is 0 Å². The van der Waals surface area contributed by atoms with Crippen LogP contribution in [0.2, 0.25) is 0 Å². The summed E-state index contributed by atoms with van der Waals surface area (Å²) in [4.78, 5) is 22.6. The predicted molar refractivity (Wildman–Crippen MR) is 105 cm³/mol. The number of nitro groups is 1. The largest absolute Gasteiger partial charge is 0.344 e. The molecule has 0 spiro atoms. The number of hydrazone groups is 1. The van der Waals surface area contributed by atoms with Gasteiger partial charge in [0.05, 0.1) is 17.6 Å². The van der Waals surface area contributed by atoms with Gasteiger partial charge >= 0.3 is 0 Å². The van der Waals surface area contributed by atoms with E-state index in [2.05, 4.69) is 28.9 Å². The zero-order chi connectivity index (χ0) is 19.4. The molecule has 27 heavy (non-hydrogen) atoms. The van der Waals surface area contributed by atoms with Crippen molar-refractivity contribution in [2.45, 2.75) is 26.3 Å². The number of carbonyl (C=O) groups is 1. The van der Waals surface area contributed by atoms with Crippen LogP contribution in [0.1, 0.15) is 31.0 Å². The van der Waals surface area contributed by atoms with Gasteiger partial charge in [-0.05, 0) is 19.9 Å². The lowest BCUT2D eigenvalue weighted by Gasteiger charge is -2.08. The van der Waals surface area contributed by atoms with Crippen LogP contribution in [-0.4, -0.2) is 21.6 Å². The maximum atomic E-state index is 12.1. The van der Waals surface area contributed by atoms with Crippen molar-refractivity contribution in [3.05, 3.63) is 76.0 Å². The summed E-state index contributed by atoms with van der Waals surface area (Å²) in [7, 11) is 0. The van der Waals surface area contributed by atoms with Crippen molar-refractivity contribution >= 4 is 28.7 Å². The fourth-order valence-corrected chi connectivity index (χ4v) is 2.99. The fraction of sp³-hybridized carbons (Fsp3) is 0.200. The van der Waals surface area contributed by atoms with Crippen molar-refractivity contribution < 1.29 is 9.72 Å². The van der Waals surface area contributed by atoms with Gasteiger partial charge in [-0.1, -0.05) is 36.4 Å². The topological polar surface area (TPSA) is 89.5 Å². The van der Waals surface area contributed by atoms with E-state index < -0.39 is 10.8 Å². The standard InChI is InChI=1S/C20H20N4O3/c1-14(2)23-13-16(17-8-4-6-10-19(17)23)12-21-22-20(25)11-15-7-3-5-9-18(15)24(26)27/h3-10,12-14H,11H2,1-2H3,(H,22,25)/b21-12+. The second-order valence-electron chi connectivity index (χ2n) is 6.46. The third kappa shape index (κ3) is 4.03. The Balaban J connectivity index is 1.74. The number of aromatic nitrogens is 1. The van der Waals surface area contributed by atoms with E-state index in [1.54, 1.807) is 24.4 Å². The van der Waals surface area contributed by atoms with Crippen molar-refractivity contribution in [2.24, 2.45) is 5.10 Å². The molecule has 0 saturated heterocycles. The number of nitrogens with one attached hydrogen (secondary N) is 1. The number of benzene rings is 2. The number of nitro benzene ring substituents is 1. The maximum absolute atomic E-state index is 12.1. The van der Waals surface area contributed by atoms with Crippen molar-refractivity contribution in [1.82, 2.24) is 9.99 Å². The molecule has 0 radical (unpaired) electrons. The average Bonchev–Trinajstić information content (AvgIpc) is 3.01. The van der Waals surface area contributed by atoms with Gasteiger partial charge in [-0.2, -0.15) is 5.10 Å². The molecule has 0 aliphatic carbocycles. The van der Waals surface area contributed by atoms with Crippen molar-refractivity contribution in [1.29, 1.82) is 0 Å².